The Morgan fingerprint density at radius 1 is 1.14 bits per heavy atom. The number of aryl methyl sites for hydroxylation is 1. The van der Waals surface area contributed by atoms with Crippen molar-refractivity contribution < 1.29 is 9.18 Å². The molecule has 0 bridgehead atoms. The number of nitrogens with zero attached hydrogens (tertiary/aromatic N) is 2. The van der Waals surface area contributed by atoms with Crippen molar-refractivity contribution in [3.05, 3.63) is 71.0 Å². The zero-order valence-electron chi connectivity index (χ0n) is 12.6. The molecule has 3 nitrogen and oxygen atoms in total. The highest BCUT2D eigenvalue weighted by atomic mass is 19.1. The largest absolute Gasteiger partial charge is 0.273 e. The fourth-order valence-corrected chi connectivity index (χ4v) is 2.67. The number of carbonyl (C=O) groups excluding carboxylic acids is 1. The second kappa shape index (κ2) is 5.72. The Balaban J connectivity index is 1.92. The number of rotatable bonds is 2. The first-order valence-electron chi connectivity index (χ1n) is 7.24. The smallest absolute Gasteiger partial charge is 0.240 e. The van der Waals surface area contributed by atoms with Gasteiger partial charge in [0.2, 0.25) is 5.91 Å². The lowest BCUT2D eigenvalue weighted by molar-refractivity contribution is -0.130. The summed E-state index contributed by atoms with van der Waals surface area (Å²) in [5.41, 5.74) is 3.97. The highest BCUT2D eigenvalue weighted by Gasteiger charge is 2.31. The molecular formula is C18H17FN2O. The van der Waals surface area contributed by atoms with Gasteiger partial charge in [-0.05, 0) is 30.2 Å². The summed E-state index contributed by atoms with van der Waals surface area (Å²) >= 11 is 0. The third-order valence-corrected chi connectivity index (χ3v) is 3.87. The average Bonchev–Trinajstić information content (AvgIpc) is 2.94. The van der Waals surface area contributed by atoms with E-state index in [4.69, 9.17) is 0 Å². The predicted molar refractivity (Wildman–Crippen MR) is 84.0 cm³/mol. The molecule has 0 spiro atoms. The van der Waals surface area contributed by atoms with E-state index in [2.05, 4.69) is 5.10 Å². The van der Waals surface area contributed by atoms with E-state index in [-0.39, 0.29) is 17.8 Å². The fourth-order valence-electron chi connectivity index (χ4n) is 2.67. The van der Waals surface area contributed by atoms with Crippen LogP contribution in [-0.4, -0.2) is 16.6 Å². The number of hydrazone groups is 1. The van der Waals surface area contributed by atoms with Crippen LogP contribution in [0.15, 0.2) is 53.6 Å². The molecule has 0 saturated carbocycles. The first-order valence-corrected chi connectivity index (χ1v) is 7.24. The van der Waals surface area contributed by atoms with Crippen LogP contribution >= 0.6 is 0 Å². The van der Waals surface area contributed by atoms with E-state index in [1.54, 1.807) is 12.1 Å². The Hall–Kier alpha value is -2.49. The summed E-state index contributed by atoms with van der Waals surface area (Å²) in [5.74, 6) is -0.396. The molecule has 0 aliphatic carbocycles. The van der Waals surface area contributed by atoms with Gasteiger partial charge in [-0.1, -0.05) is 42.0 Å². The van der Waals surface area contributed by atoms with E-state index >= 15 is 0 Å². The van der Waals surface area contributed by atoms with Gasteiger partial charge in [0.1, 0.15) is 5.82 Å². The molecule has 0 fully saturated rings. The maximum Gasteiger partial charge on any atom is 0.240 e. The van der Waals surface area contributed by atoms with E-state index in [9.17, 15) is 9.18 Å². The normalized spacial score (nSPS) is 17.5. The molecule has 3 rings (SSSR count). The van der Waals surface area contributed by atoms with Crippen molar-refractivity contribution in [2.45, 2.75) is 26.3 Å². The third kappa shape index (κ3) is 2.77. The molecule has 1 heterocycles. The van der Waals surface area contributed by atoms with Crippen LogP contribution in [0.1, 0.15) is 36.1 Å². The molecule has 0 radical (unpaired) electrons. The molecule has 0 saturated heterocycles. The SMILES string of the molecule is CC(=O)N1N=C(c2ccc(C)cc2)C[C@@H]1c1ccc(F)cc1. The fraction of sp³-hybridized carbons (Fsp3) is 0.222. The van der Waals surface area contributed by atoms with Gasteiger partial charge in [-0.3, -0.25) is 4.79 Å². The Morgan fingerprint density at radius 3 is 2.36 bits per heavy atom. The second-order valence-electron chi connectivity index (χ2n) is 5.55. The topological polar surface area (TPSA) is 32.7 Å². The number of amides is 1. The monoisotopic (exact) mass is 296 g/mol. The van der Waals surface area contributed by atoms with Crippen molar-refractivity contribution in [3.8, 4) is 0 Å². The van der Waals surface area contributed by atoms with E-state index in [0.29, 0.717) is 6.42 Å². The van der Waals surface area contributed by atoms with Gasteiger partial charge < -0.3 is 0 Å². The standard InChI is InChI=1S/C18H17FN2O/c1-12-3-5-14(6-4-12)17-11-18(21(20-17)13(2)22)15-7-9-16(19)10-8-15/h3-10,18H,11H2,1-2H3/t18-/m1/s1. The van der Waals surface area contributed by atoms with Gasteiger partial charge in [-0.15, -0.1) is 0 Å². The first-order chi connectivity index (χ1) is 10.5. The zero-order valence-corrected chi connectivity index (χ0v) is 12.6. The summed E-state index contributed by atoms with van der Waals surface area (Å²) in [6.07, 6.45) is 0.633. The Labute approximate surface area is 129 Å². The van der Waals surface area contributed by atoms with Crippen molar-refractivity contribution in [3.63, 3.8) is 0 Å². The molecule has 22 heavy (non-hydrogen) atoms. The molecule has 0 unspecified atom stereocenters. The van der Waals surface area contributed by atoms with E-state index in [1.165, 1.54) is 29.6 Å². The quantitative estimate of drug-likeness (QED) is 0.829. The predicted octanol–water partition coefficient (Wildman–Crippen LogP) is 3.83. The number of halogens is 1. The molecule has 1 atom stereocenters. The van der Waals surface area contributed by atoms with Crippen LogP contribution in [0.2, 0.25) is 0 Å². The minimum Gasteiger partial charge on any atom is -0.273 e. The second-order valence-corrected chi connectivity index (χ2v) is 5.55. The van der Waals surface area contributed by atoms with Crippen molar-refractivity contribution >= 4 is 11.6 Å². The summed E-state index contributed by atoms with van der Waals surface area (Å²) in [6.45, 7) is 3.53. The van der Waals surface area contributed by atoms with Crippen LogP contribution in [0.3, 0.4) is 0 Å². The van der Waals surface area contributed by atoms with Gasteiger partial charge in [0.25, 0.3) is 0 Å². The van der Waals surface area contributed by atoms with Gasteiger partial charge in [-0.25, -0.2) is 9.40 Å². The van der Waals surface area contributed by atoms with E-state index in [0.717, 1.165) is 16.8 Å². The molecule has 1 aliphatic rings. The van der Waals surface area contributed by atoms with Crippen LogP contribution in [0.25, 0.3) is 0 Å². The summed E-state index contributed by atoms with van der Waals surface area (Å²) in [7, 11) is 0. The number of hydrogen-bond donors (Lipinski definition) is 0. The van der Waals surface area contributed by atoms with Crippen LogP contribution in [0.4, 0.5) is 4.39 Å². The highest BCUT2D eigenvalue weighted by molar-refractivity contribution is 6.03. The van der Waals surface area contributed by atoms with Crippen LogP contribution in [-0.2, 0) is 4.79 Å². The van der Waals surface area contributed by atoms with Gasteiger partial charge in [0.05, 0.1) is 11.8 Å². The van der Waals surface area contributed by atoms with Gasteiger partial charge >= 0.3 is 0 Å². The molecule has 2 aromatic carbocycles. The summed E-state index contributed by atoms with van der Waals surface area (Å²) in [5, 5.41) is 5.96. The Kier molecular flexibility index (Phi) is 3.75. The molecule has 1 aliphatic heterocycles. The highest BCUT2D eigenvalue weighted by Crippen LogP contribution is 2.32. The average molecular weight is 296 g/mol. The maximum atomic E-state index is 13.1. The molecule has 2 aromatic rings. The number of hydrogen-bond acceptors (Lipinski definition) is 2. The molecule has 0 N–H and O–H groups in total. The minimum absolute atomic E-state index is 0.114. The van der Waals surface area contributed by atoms with Crippen LogP contribution in [0.5, 0.6) is 0 Å². The minimum atomic E-state index is -0.282. The summed E-state index contributed by atoms with van der Waals surface area (Å²) < 4.78 is 13.1. The molecule has 0 aromatic heterocycles. The zero-order chi connectivity index (χ0) is 15.7. The maximum absolute atomic E-state index is 13.1. The Morgan fingerprint density at radius 2 is 1.77 bits per heavy atom. The lowest BCUT2D eigenvalue weighted by Crippen LogP contribution is -2.24. The van der Waals surface area contributed by atoms with Crippen molar-refractivity contribution in [2.24, 2.45) is 5.10 Å². The molecule has 112 valence electrons. The summed E-state index contributed by atoms with van der Waals surface area (Å²) in [4.78, 5) is 11.9. The van der Waals surface area contributed by atoms with Crippen LogP contribution in [0, 0.1) is 12.7 Å². The lowest BCUT2D eigenvalue weighted by atomic mass is 9.98. The van der Waals surface area contributed by atoms with E-state index < -0.39 is 0 Å². The summed E-state index contributed by atoms with van der Waals surface area (Å²) in [6, 6.07) is 14.2. The van der Waals surface area contributed by atoms with Crippen LogP contribution < -0.4 is 0 Å². The molecular weight excluding hydrogens is 279 g/mol. The Bertz CT molecular complexity index is 720. The van der Waals surface area contributed by atoms with Gasteiger partial charge in [0.15, 0.2) is 0 Å². The van der Waals surface area contributed by atoms with E-state index in [1.807, 2.05) is 31.2 Å². The number of carbonyl (C=O) groups is 1. The van der Waals surface area contributed by atoms with Crippen molar-refractivity contribution in [1.29, 1.82) is 0 Å². The van der Waals surface area contributed by atoms with Gasteiger partial charge in [-0.2, -0.15) is 5.10 Å². The van der Waals surface area contributed by atoms with Crippen molar-refractivity contribution in [1.82, 2.24) is 5.01 Å². The van der Waals surface area contributed by atoms with Gasteiger partial charge in [0, 0.05) is 13.3 Å². The molecule has 4 heteroatoms. The van der Waals surface area contributed by atoms with Crippen molar-refractivity contribution in [2.75, 3.05) is 0 Å². The first kappa shape index (κ1) is 14.4. The number of benzene rings is 2. The molecule has 1 amide bonds. The third-order valence-electron chi connectivity index (χ3n) is 3.87. The lowest BCUT2D eigenvalue weighted by Gasteiger charge is -2.20.